The molecule has 2 aromatic carbocycles. The summed E-state index contributed by atoms with van der Waals surface area (Å²) in [4.78, 5) is 15.0. The number of hydrogen-bond acceptors (Lipinski definition) is 2. The van der Waals surface area contributed by atoms with Gasteiger partial charge in [-0.1, -0.05) is 53.6 Å². The van der Waals surface area contributed by atoms with Crippen LogP contribution in [0.4, 0.5) is 5.69 Å². The van der Waals surface area contributed by atoms with Gasteiger partial charge in [-0.25, -0.2) is 0 Å². The second kappa shape index (κ2) is 6.55. The van der Waals surface area contributed by atoms with E-state index in [0.717, 1.165) is 0 Å². The number of benzene rings is 2. The Bertz CT molecular complexity index is 673. The van der Waals surface area contributed by atoms with Gasteiger partial charge in [0.15, 0.2) is 5.78 Å². The summed E-state index contributed by atoms with van der Waals surface area (Å²) in [6.07, 6.45) is 1.10. The third-order valence-electron chi connectivity index (χ3n) is 3.24. The van der Waals surface area contributed by atoms with Crippen LogP contribution in [0, 0.1) is 6.92 Å². The van der Waals surface area contributed by atoms with Crippen molar-refractivity contribution in [1.82, 2.24) is 0 Å². The molecular formula is C16H15N3O. The average Bonchev–Trinajstić information content (AvgIpc) is 2.47. The Hall–Kier alpha value is -2.58. The van der Waals surface area contributed by atoms with E-state index in [1.54, 1.807) is 24.3 Å². The van der Waals surface area contributed by atoms with Crippen molar-refractivity contribution in [3.63, 3.8) is 0 Å². The van der Waals surface area contributed by atoms with Gasteiger partial charge in [0.25, 0.3) is 0 Å². The van der Waals surface area contributed by atoms with Crippen molar-refractivity contribution in [3.8, 4) is 0 Å². The molecular weight excluding hydrogens is 250 g/mol. The second-order valence-electron chi connectivity index (χ2n) is 4.56. The van der Waals surface area contributed by atoms with Crippen molar-refractivity contribution in [2.45, 2.75) is 19.8 Å². The molecule has 0 radical (unpaired) electrons. The highest BCUT2D eigenvalue weighted by atomic mass is 16.1. The fourth-order valence-corrected chi connectivity index (χ4v) is 2.12. The number of nitrogens with zero attached hydrogens (tertiary/aromatic N) is 3. The van der Waals surface area contributed by atoms with Crippen molar-refractivity contribution in [3.05, 3.63) is 75.7 Å². The zero-order valence-corrected chi connectivity index (χ0v) is 11.3. The highest BCUT2D eigenvalue weighted by molar-refractivity contribution is 6.00. The minimum atomic E-state index is -0.00347. The minimum Gasteiger partial charge on any atom is -0.294 e. The molecule has 0 saturated heterocycles. The van der Waals surface area contributed by atoms with Crippen LogP contribution in [0.5, 0.6) is 0 Å². The summed E-state index contributed by atoms with van der Waals surface area (Å²) in [6.45, 7) is 2.04. The molecule has 0 N–H and O–H groups in total. The monoisotopic (exact) mass is 265 g/mol. The molecule has 0 aliphatic rings. The Morgan fingerprint density at radius 1 is 1.15 bits per heavy atom. The van der Waals surface area contributed by atoms with E-state index >= 15 is 0 Å². The molecule has 0 amide bonds. The van der Waals surface area contributed by atoms with Crippen LogP contribution in [0.1, 0.15) is 27.9 Å². The Labute approximate surface area is 117 Å². The van der Waals surface area contributed by atoms with E-state index in [9.17, 15) is 4.79 Å². The molecule has 2 rings (SSSR count). The third kappa shape index (κ3) is 3.25. The summed E-state index contributed by atoms with van der Waals surface area (Å²) in [6, 6.07) is 14.9. The number of carbonyl (C=O) groups is 1. The van der Waals surface area contributed by atoms with Gasteiger partial charge in [-0.05, 0) is 30.0 Å². The zero-order valence-electron chi connectivity index (χ0n) is 11.3. The summed E-state index contributed by atoms with van der Waals surface area (Å²) in [5, 5.41) is 3.56. The number of azide groups is 1. The number of aryl methyl sites for hydroxylation is 2. The van der Waals surface area contributed by atoms with Gasteiger partial charge in [-0.2, -0.15) is 0 Å². The molecule has 0 heterocycles. The molecule has 4 nitrogen and oxygen atoms in total. The Morgan fingerprint density at radius 2 is 1.85 bits per heavy atom. The Morgan fingerprint density at radius 3 is 2.60 bits per heavy atom. The van der Waals surface area contributed by atoms with Gasteiger partial charge in [-0.15, -0.1) is 0 Å². The SMILES string of the molecule is Cc1ccccc1CCC(=O)c1ccccc1N=[N+]=[N-]. The number of rotatable bonds is 5. The number of hydrogen-bond donors (Lipinski definition) is 0. The first-order valence-corrected chi connectivity index (χ1v) is 6.44. The van der Waals surface area contributed by atoms with E-state index in [1.165, 1.54) is 11.1 Å². The van der Waals surface area contributed by atoms with Crippen molar-refractivity contribution in [2.75, 3.05) is 0 Å². The predicted molar refractivity (Wildman–Crippen MR) is 79.1 cm³/mol. The topological polar surface area (TPSA) is 65.8 Å². The second-order valence-corrected chi connectivity index (χ2v) is 4.56. The molecule has 0 saturated carbocycles. The van der Waals surface area contributed by atoms with Crippen LogP contribution in [-0.4, -0.2) is 5.78 Å². The lowest BCUT2D eigenvalue weighted by atomic mass is 9.99. The number of carbonyl (C=O) groups excluding carboxylic acids is 1. The summed E-state index contributed by atoms with van der Waals surface area (Å²) < 4.78 is 0. The maximum Gasteiger partial charge on any atom is 0.163 e. The third-order valence-corrected chi connectivity index (χ3v) is 3.24. The first-order chi connectivity index (χ1) is 9.72. The van der Waals surface area contributed by atoms with E-state index in [1.807, 2.05) is 31.2 Å². The van der Waals surface area contributed by atoms with Crippen LogP contribution in [0.3, 0.4) is 0 Å². The zero-order chi connectivity index (χ0) is 14.4. The van der Waals surface area contributed by atoms with Crippen LogP contribution < -0.4 is 0 Å². The lowest BCUT2D eigenvalue weighted by Gasteiger charge is -2.06. The highest BCUT2D eigenvalue weighted by Crippen LogP contribution is 2.21. The van der Waals surface area contributed by atoms with E-state index in [4.69, 9.17) is 5.53 Å². The van der Waals surface area contributed by atoms with Crippen molar-refractivity contribution < 1.29 is 4.79 Å². The van der Waals surface area contributed by atoms with E-state index in [0.29, 0.717) is 24.1 Å². The largest absolute Gasteiger partial charge is 0.294 e. The van der Waals surface area contributed by atoms with Gasteiger partial charge < -0.3 is 0 Å². The summed E-state index contributed by atoms with van der Waals surface area (Å²) >= 11 is 0. The highest BCUT2D eigenvalue weighted by Gasteiger charge is 2.10. The summed E-state index contributed by atoms with van der Waals surface area (Å²) in [5.74, 6) is -0.00347. The first-order valence-electron chi connectivity index (χ1n) is 6.44. The van der Waals surface area contributed by atoms with E-state index < -0.39 is 0 Å². The number of ketones is 1. The molecule has 2 aromatic rings. The standard InChI is InChI=1S/C16H15N3O/c1-12-6-2-3-7-13(12)10-11-16(20)14-8-4-5-9-15(14)18-19-17/h2-9H,10-11H2,1H3. The molecule has 0 aliphatic heterocycles. The molecule has 20 heavy (non-hydrogen) atoms. The molecule has 0 bridgehead atoms. The quantitative estimate of drug-likeness (QED) is 0.333. The van der Waals surface area contributed by atoms with Gasteiger partial charge in [0.05, 0.1) is 0 Å². The average molecular weight is 265 g/mol. The molecule has 0 unspecified atom stereocenters. The molecule has 0 aromatic heterocycles. The molecule has 4 heteroatoms. The summed E-state index contributed by atoms with van der Waals surface area (Å²) in [5.41, 5.74) is 11.7. The van der Waals surface area contributed by atoms with Crippen molar-refractivity contribution in [2.24, 2.45) is 5.11 Å². The van der Waals surface area contributed by atoms with E-state index in [2.05, 4.69) is 10.0 Å². The van der Waals surface area contributed by atoms with Crippen LogP contribution in [0.25, 0.3) is 10.4 Å². The fraction of sp³-hybridized carbons (Fsp3) is 0.188. The van der Waals surface area contributed by atoms with E-state index in [-0.39, 0.29) is 5.78 Å². The van der Waals surface area contributed by atoms with Gasteiger partial charge in [0, 0.05) is 22.6 Å². The molecule has 0 spiro atoms. The molecule has 0 aliphatic carbocycles. The van der Waals surface area contributed by atoms with Gasteiger partial charge in [-0.3, -0.25) is 4.79 Å². The maximum atomic E-state index is 12.2. The minimum absolute atomic E-state index is 0.00347. The van der Waals surface area contributed by atoms with Gasteiger partial charge in [0.1, 0.15) is 0 Å². The maximum absolute atomic E-state index is 12.2. The van der Waals surface area contributed by atoms with Crippen molar-refractivity contribution in [1.29, 1.82) is 0 Å². The smallest absolute Gasteiger partial charge is 0.163 e. The molecule has 0 fully saturated rings. The lowest BCUT2D eigenvalue weighted by molar-refractivity contribution is 0.0983. The first kappa shape index (κ1) is 13.8. The summed E-state index contributed by atoms with van der Waals surface area (Å²) in [7, 11) is 0. The number of Topliss-reactive ketones (excluding diaryl/α,β-unsaturated/α-hetero) is 1. The van der Waals surface area contributed by atoms with Crippen LogP contribution in [0.2, 0.25) is 0 Å². The molecule has 100 valence electrons. The van der Waals surface area contributed by atoms with Gasteiger partial charge >= 0.3 is 0 Å². The predicted octanol–water partition coefficient (Wildman–Crippen LogP) is 4.75. The molecule has 0 atom stereocenters. The van der Waals surface area contributed by atoms with Gasteiger partial charge in [0.2, 0.25) is 0 Å². The Kier molecular flexibility index (Phi) is 4.53. The van der Waals surface area contributed by atoms with Crippen LogP contribution in [-0.2, 0) is 6.42 Å². The fourth-order valence-electron chi connectivity index (χ4n) is 2.12. The lowest BCUT2D eigenvalue weighted by Crippen LogP contribution is -2.02. The Balaban J connectivity index is 2.13. The van der Waals surface area contributed by atoms with Crippen LogP contribution >= 0.6 is 0 Å². The van der Waals surface area contributed by atoms with Crippen LogP contribution in [0.15, 0.2) is 53.6 Å². The normalized spacial score (nSPS) is 9.85. The van der Waals surface area contributed by atoms with Crippen molar-refractivity contribution >= 4 is 11.5 Å².